The topological polar surface area (TPSA) is 250 Å². The minimum Gasteiger partial charge on any atom is -0.387 e. The number of nitriles is 2. The zero-order valence-corrected chi connectivity index (χ0v) is 35.3. The Morgan fingerprint density at radius 1 is 0.983 bits per heavy atom. The Hall–Kier alpha value is -3.54. The number of aliphatic hydroxyl groups excluding tert-OH is 2. The summed E-state index contributed by atoms with van der Waals surface area (Å²) in [6, 6.07) is 10.4. The molecule has 59 heavy (non-hydrogen) atoms. The number of aliphatic hydroxyl groups is 2. The summed E-state index contributed by atoms with van der Waals surface area (Å²) >= 11 is 0. The van der Waals surface area contributed by atoms with Crippen LogP contribution in [0, 0.1) is 33.9 Å². The average molecular weight is 847 g/mol. The van der Waals surface area contributed by atoms with Crippen molar-refractivity contribution in [2.75, 3.05) is 26.4 Å². The molecule has 1 aromatic heterocycles. The molecular weight excluding hydrogens is 782 g/mol. The Bertz CT molecular complexity index is 1700. The highest BCUT2D eigenvalue weighted by Crippen LogP contribution is 2.47. The van der Waals surface area contributed by atoms with Crippen LogP contribution in [0.25, 0.3) is 0 Å². The van der Waals surface area contributed by atoms with E-state index in [1.54, 1.807) is 6.07 Å². The fourth-order valence-corrected chi connectivity index (χ4v) is 7.64. The van der Waals surface area contributed by atoms with Crippen LogP contribution in [0.3, 0.4) is 0 Å². The maximum atomic E-state index is 14.1. The van der Waals surface area contributed by atoms with Gasteiger partial charge in [0.15, 0.2) is 0 Å². The number of nitrogens with one attached hydrogen (secondary N) is 2. The van der Waals surface area contributed by atoms with Crippen molar-refractivity contribution < 1.29 is 47.3 Å². The minimum absolute atomic E-state index is 0.0292. The second-order valence-electron chi connectivity index (χ2n) is 15.1. The monoisotopic (exact) mass is 846 g/mol. The molecule has 7 N–H and O–H groups in total. The van der Waals surface area contributed by atoms with Crippen molar-refractivity contribution in [3.63, 3.8) is 0 Å². The molecule has 1 fully saturated rings. The summed E-state index contributed by atoms with van der Waals surface area (Å²) in [6.07, 6.45) is 16.4. The van der Waals surface area contributed by atoms with E-state index in [-0.39, 0.29) is 36.0 Å². The Balaban J connectivity index is 1.43. The van der Waals surface area contributed by atoms with Gasteiger partial charge in [-0.25, -0.2) is 13.9 Å². The Morgan fingerprint density at radius 3 is 2.17 bits per heavy atom. The summed E-state index contributed by atoms with van der Waals surface area (Å²) in [6.45, 7) is 1.00. The molecule has 1 aliphatic heterocycles. The van der Waals surface area contributed by atoms with Gasteiger partial charge < -0.3 is 40.0 Å². The fourth-order valence-electron chi connectivity index (χ4n) is 6.86. The van der Waals surface area contributed by atoms with E-state index in [0.717, 1.165) is 31.7 Å². The summed E-state index contributed by atoms with van der Waals surface area (Å²) in [5.41, 5.74) is 4.48. The molecule has 2 aromatic rings. The lowest BCUT2D eigenvalue weighted by Crippen LogP contribution is -2.45. The van der Waals surface area contributed by atoms with Crippen molar-refractivity contribution in [3.05, 3.63) is 58.7 Å². The van der Waals surface area contributed by atoms with Gasteiger partial charge in [0.2, 0.25) is 5.60 Å². The van der Waals surface area contributed by atoms with Gasteiger partial charge in [0, 0.05) is 12.3 Å². The summed E-state index contributed by atoms with van der Waals surface area (Å²) < 4.78 is 54.8. The molecule has 0 radical (unpaired) electrons. The zero-order chi connectivity index (χ0) is 42.9. The molecule has 0 bridgehead atoms. The summed E-state index contributed by atoms with van der Waals surface area (Å²) in [5.74, 6) is -0.648. The molecule has 0 spiro atoms. The van der Waals surface area contributed by atoms with Crippen LogP contribution < -0.4 is 5.73 Å². The number of benzene rings is 1. The molecule has 2 heterocycles. The number of unbranched alkanes of at least 4 members (excludes halogenated alkanes) is 16. The third-order valence-electron chi connectivity index (χ3n) is 10.3. The van der Waals surface area contributed by atoms with E-state index in [9.17, 15) is 34.6 Å². The number of phosphoric ester groups is 1. The first-order valence-electron chi connectivity index (χ1n) is 20.9. The number of aromatic nitrogens is 1. The SMILES string of the molecule is CCCCCCCCCCCCCCCCCCCOC[C@H](COP(=O)(O)OC[C@@]1(C#N)O[C@@H](c2ccc(C(N)=NC=N)[nH]2)[C@H](O)[C@@H]1O)OCc1cc(F)cc(C#N)c1. The molecule has 0 amide bonds. The normalized spacial score (nSPS) is 20.9. The van der Waals surface area contributed by atoms with Crippen LogP contribution in [0.15, 0.2) is 35.3 Å². The number of phosphoric acid groups is 1. The maximum Gasteiger partial charge on any atom is 0.472 e. The molecule has 1 aromatic carbocycles. The second-order valence-corrected chi connectivity index (χ2v) is 16.6. The van der Waals surface area contributed by atoms with Gasteiger partial charge in [-0.3, -0.25) is 14.5 Å². The number of halogens is 1. The van der Waals surface area contributed by atoms with Crippen LogP contribution in [-0.4, -0.2) is 82.6 Å². The summed E-state index contributed by atoms with van der Waals surface area (Å²) in [7, 11) is -4.93. The van der Waals surface area contributed by atoms with E-state index >= 15 is 0 Å². The van der Waals surface area contributed by atoms with E-state index in [1.807, 2.05) is 6.07 Å². The number of aliphatic imine (C=N–C) groups is 1. The lowest BCUT2D eigenvalue weighted by Gasteiger charge is -2.26. The molecule has 6 atom stereocenters. The first-order chi connectivity index (χ1) is 28.5. The first-order valence-corrected chi connectivity index (χ1v) is 22.4. The van der Waals surface area contributed by atoms with Crippen molar-refractivity contribution in [2.24, 2.45) is 10.7 Å². The van der Waals surface area contributed by atoms with Crippen LogP contribution in [0.2, 0.25) is 0 Å². The highest BCUT2D eigenvalue weighted by Gasteiger charge is 2.56. The van der Waals surface area contributed by atoms with E-state index in [0.29, 0.717) is 12.2 Å². The van der Waals surface area contributed by atoms with E-state index in [1.165, 1.54) is 114 Å². The number of aromatic amines is 1. The Labute approximate surface area is 348 Å². The van der Waals surface area contributed by atoms with Crippen molar-refractivity contribution in [2.45, 2.75) is 153 Å². The molecule has 0 aliphatic carbocycles. The minimum atomic E-state index is -4.93. The summed E-state index contributed by atoms with van der Waals surface area (Å²) in [5, 5.41) is 47.8. The molecule has 3 rings (SSSR count). The lowest BCUT2D eigenvalue weighted by atomic mass is 9.96. The van der Waals surface area contributed by atoms with Crippen LogP contribution in [0.4, 0.5) is 4.39 Å². The van der Waals surface area contributed by atoms with E-state index in [4.69, 9.17) is 34.4 Å². The molecule has 328 valence electrons. The third-order valence-corrected chi connectivity index (χ3v) is 11.2. The van der Waals surface area contributed by atoms with Gasteiger partial charge in [-0.1, -0.05) is 110 Å². The van der Waals surface area contributed by atoms with E-state index in [2.05, 4.69) is 16.9 Å². The van der Waals surface area contributed by atoms with Gasteiger partial charge in [0.1, 0.15) is 55.1 Å². The van der Waals surface area contributed by atoms with Crippen molar-refractivity contribution in [1.29, 1.82) is 15.9 Å². The maximum absolute atomic E-state index is 14.1. The van der Waals surface area contributed by atoms with Crippen LogP contribution in [-0.2, 0) is 34.4 Å². The zero-order valence-electron chi connectivity index (χ0n) is 34.4. The highest BCUT2D eigenvalue weighted by molar-refractivity contribution is 7.47. The molecule has 1 aliphatic rings. The predicted molar refractivity (Wildman–Crippen MR) is 221 cm³/mol. The number of nitrogens with two attached hydrogens (primary N) is 1. The largest absolute Gasteiger partial charge is 0.472 e. The van der Waals surface area contributed by atoms with Crippen LogP contribution in [0.1, 0.15) is 145 Å². The van der Waals surface area contributed by atoms with Crippen LogP contribution >= 0.6 is 7.82 Å². The Kier molecular flexibility index (Phi) is 23.1. The third kappa shape index (κ3) is 17.9. The highest BCUT2D eigenvalue weighted by atomic mass is 31.2. The van der Waals surface area contributed by atoms with Gasteiger partial charge in [-0.15, -0.1) is 0 Å². The quantitative estimate of drug-likeness (QED) is 0.0179. The summed E-state index contributed by atoms with van der Waals surface area (Å²) in [4.78, 5) is 17.1. The van der Waals surface area contributed by atoms with Gasteiger partial charge >= 0.3 is 7.82 Å². The van der Waals surface area contributed by atoms with E-state index < -0.39 is 56.9 Å². The molecule has 17 heteroatoms. The van der Waals surface area contributed by atoms with Gasteiger partial charge in [0.05, 0.1) is 37.1 Å². The van der Waals surface area contributed by atoms with Gasteiger partial charge in [-0.2, -0.15) is 10.5 Å². The number of hydrogen-bond donors (Lipinski definition) is 6. The van der Waals surface area contributed by atoms with Gasteiger partial charge in [-0.05, 0) is 42.3 Å². The lowest BCUT2D eigenvalue weighted by molar-refractivity contribution is -0.0787. The fraction of sp³-hybridized carbons (Fsp3) is 0.667. The molecular formula is C42H64FN6O9P. The van der Waals surface area contributed by atoms with Gasteiger partial charge in [0.25, 0.3) is 0 Å². The van der Waals surface area contributed by atoms with Crippen molar-refractivity contribution in [1.82, 2.24) is 4.98 Å². The van der Waals surface area contributed by atoms with Crippen molar-refractivity contribution >= 4 is 20.0 Å². The number of H-pyrrole nitrogens is 1. The molecule has 1 unspecified atom stereocenters. The van der Waals surface area contributed by atoms with Crippen LogP contribution in [0.5, 0.6) is 0 Å². The van der Waals surface area contributed by atoms with Crippen molar-refractivity contribution in [3.8, 4) is 12.1 Å². The average Bonchev–Trinajstić information content (AvgIpc) is 3.81. The second kappa shape index (κ2) is 27.3. The molecule has 0 saturated carbocycles. The number of rotatable bonds is 32. The smallest absolute Gasteiger partial charge is 0.387 e. The molecule has 1 saturated heterocycles. The number of ether oxygens (including phenoxy) is 3. The number of hydrogen-bond acceptors (Lipinski definition) is 11. The first kappa shape index (κ1) is 49.8. The predicted octanol–water partition coefficient (Wildman–Crippen LogP) is 7.78. The Morgan fingerprint density at radius 2 is 1.59 bits per heavy atom. The number of amidine groups is 1. The number of nitrogens with zero attached hydrogens (tertiary/aromatic N) is 3. The molecule has 15 nitrogen and oxygen atoms in total. The standard InChI is InChI=1S/C42H64FN6O9P/c1-2-3-4-5-6-7-8-9-10-11-12-13-14-15-16-17-18-21-54-27-35(55-26-33-22-32(25-44)23-34(43)24-33)28-56-59(52,53)57-30-42(29-45)40(51)38(50)39(58-42)36-19-20-37(49-36)41(47)48-31-46/h19-20,22-24,31,35,38-40,49-51H,2-18,21,26-28,30H2,1H3,(H,52,53)(H3,46,47,48)/t35-,38+,39+,40+,42-/m1/s1.